The number of rotatable bonds is 10. The molecule has 0 saturated heterocycles. The SMILES string of the molecule is COC(=O)[C@@H](N=C(c1ccccc1)c1ccccc1)[C@H](NS(=O)(=O)c1ccc([N+](=O)[O-])cc1)c1ccc(C)cc1. The van der Waals surface area contributed by atoms with Crippen LogP contribution in [0.4, 0.5) is 5.69 Å². The molecule has 4 rings (SSSR count). The van der Waals surface area contributed by atoms with Gasteiger partial charge < -0.3 is 4.74 Å². The first-order chi connectivity index (χ1) is 19.2. The van der Waals surface area contributed by atoms with E-state index >= 15 is 0 Å². The molecule has 0 amide bonds. The summed E-state index contributed by atoms with van der Waals surface area (Å²) in [4.78, 5) is 28.4. The Morgan fingerprint density at radius 3 is 1.85 bits per heavy atom. The summed E-state index contributed by atoms with van der Waals surface area (Å²) >= 11 is 0. The molecule has 0 unspecified atom stereocenters. The molecule has 0 aliphatic carbocycles. The predicted molar refractivity (Wildman–Crippen MR) is 152 cm³/mol. The fraction of sp³-hybridized carbons (Fsp3) is 0.133. The summed E-state index contributed by atoms with van der Waals surface area (Å²) < 4.78 is 34.8. The summed E-state index contributed by atoms with van der Waals surface area (Å²) in [5.41, 5.74) is 3.10. The number of benzene rings is 4. The van der Waals surface area contributed by atoms with Crippen LogP contribution in [-0.2, 0) is 19.6 Å². The summed E-state index contributed by atoms with van der Waals surface area (Å²) in [6.07, 6.45) is 0. The molecule has 4 aromatic rings. The molecule has 9 nitrogen and oxygen atoms in total. The number of non-ortho nitro benzene ring substituents is 1. The van der Waals surface area contributed by atoms with Crippen LogP contribution in [0.25, 0.3) is 0 Å². The summed E-state index contributed by atoms with van der Waals surface area (Å²) in [6.45, 7) is 1.89. The van der Waals surface area contributed by atoms with E-state index in [0.29, 0.717) is 11.3 Å². The van der Waals surface area contributed by atoms with Crippen LogP contribution in [0, 0.1) is 17.0 Å². The number of hydrogen-bond acceptors (Lipinski definition) is 7. The molecule has 0 radical (unpaired) electrons. The second-order valence-corrected chi connectivity index (χ2v) is 10.7. The highest BCUT2D eigenvalue weighted by Gasteiger charge is 2.35. The number of carbonyl (C=O) groups is 1. The van der Waals surface area contributed by atoms with Crippen LogP contribution in [0.15, 0.2) is 119 Å². The molecule has 0 aromatic heterocycles. The highest BCUT2D eigenvalue weighted by atomic mass is 32.2. The molecule has 0 spiro atoms. The van der Waals surface area contributed by atoms with Gasteiger partial charge in [-0.2, -0.15) is 0 Å². The van der Waals surface area contributed by atoms with Gasteiger partial charge in [0.25, 0.3) is 5.69 Å². The Kier molecular flexibility index (Phi) is 8.83. The third-order valence-electron chi connectivity index (χ3n) is 6.20. The Balaban J connectivity index is 1.87. The average Bonchev–Trinajstić information content (AvgIpc) is 2.98. The van der Waals surface area contributed by atoms with E-state index in [0.717, 1.165) is 41.0 Å². The van der Waals surface area contributed by atoms with Crippen molar-refractivity contribution < 1.29 is 22.9 Å². The van der Waals surface area contributed by atoms with Gasteiger partial charge in [0.05, 0.1) is 28.7 Å². The first kappa shape index (κ1) is 28.3. The molecule has 0 aliphatic heterocycles. The molecule has 10 heteroatoms. The van der Waals surface area contributed by atoms with E-state index in [2.05, 4.69) is 4.72 Å². The molecule has 4 aromatic carbocycles. The molecule has 0 heterocycles. The number of sulfonamides is 1. The van der Waals surface area contributed by atoms with Gasteiger partial charge in [-0.3, -0.25) is 15.1 Å². The monoisotopic (exact) mass is 557 g/mol. The third-order valence-corrected chi connectivity index (χ3v) is 7.65. The normalized spacial score (nSPS) is 12.7. The molecular weight excluding hydrogens is 530 g/mol. The highest BCUT2D eigenvalue weighted by Crippen LogP contribution is 2.27. The van der Waals surface area contributed by atoms with E-state index in [4.69, 9.17) is 9.73 Å². The number of carbonyl (C=O) groups excluding carboxylic acids is 1. The van der Waals surface area contributed by atoms with Crippen LogP contribution in [0.1, 0.15) is 28.3 Å². The first-order valence-electron chi connectivity index (χ1n) is 12.3. The molecule has 1 N–H and O–H groups in total. The van der Waals surface area contributed by atoms with Crippen molar-refractivity contribution in [3.05, 3.63) is 142 Å². The number of aryl methyl sites for hydroxylation is 1. The van der Waals surface area contributed by atoms with Crippen LogP contribution in [0.5, 0.6) is 0 Å². The molecule has 40 heavy (non-hydrogen) atoms. The molecule has 0 bridgehead atoms. The Bertz CT molecular complexity index is 1560. The summed E-state index contributed by atoms with van der Waals surface area (Å²) in [6, 6.07) is 27.5. The number of aliphatic imine (C=N–C) groups is 1. The molecule has 0 aliphatic rings. The van der Waals surface area contributed by atoms with Gasteiger partial charge in [-0.15, -0.1) is 0 Å². The van der Waals surface area contributed by atoms with E-state index in [9.17, 15) is 23.3 Å². The van der Waals surface area contributed by atoms with Crippen molar-refractivity contribution in [2.45, 2.75) is 23.9 Å². The Labute approximate surface area is 232 Å². The Morgan fingerprint density at radius 2 is 1.38 bits per heavy atom. The average molecular weight is 558 g/mol. The van der Waals surface area contributed by atoms with Gasteiger partial charge in [0, 0.05) is 23.3 Å². The standard InChI is InChI=1S/C30H27N3O6S/c1-21-13-15-24(16-14-21)28(32-40(37,38)26-19-17-25(18-20-26)33(35)36)29(30(34)39-2)31-27(22-9-5-3-6-10-22)23-11-7-4-8-12-23/h3-20,28-29,32H,1-2H3/t28-,29+/m1/s1. The lowest BCUT2D eigenvalue weighted by molar-refractivity contribution is -0.384. The lowest BCUT2D eigenvalue weighted by atomic mass is 9.97. The fourth-order valence-corrected chi connectivity index (χ4v) is 5.33. The molecule has 0 fully saturated rings. The summed E-state index contributed by atoms with van der Waals surface area (Å²) in [5.74, 6) is -0.749. The van der Waals surface area contributed by atoms with Crippen LogP contribution in [-0.4, -0.2) is 38.2 Å². The van der Waals surface area contributed by atoms with E-state index in [1.807, 2.05) is 67.6 Å². The van der Waals surface area contributed by atoms with E-state index in [1.165, 1.54) is 7.11 Å². The predicted octanol–water partition coefficient (Wildman–Crippen LogP) is 5.00. The van der Waals surface area contributed by atoms with Gasteiger partial charge >= 0.3 is 5.97 Å². The zero-order valence-electron chi connectivity index (χ0n) is 21.8. The quantitative estimate of drug-likeness (QED) is 0.126. The lowest BCUT2D eigenvalue weighted by Gasteiger charge is -2.25. The largest absolute Gasteiger partial charge is 0.467 e. The van der Waals surface area contributed by atoms with Gasteiger partial charge in [0.1, 0.15) is 0 Å². The van der Waals surface area contributed by atoms with E-state index in [1.54, 1.807) is 24.3 Å². The summed E-state index contributed by atoms with van der Waals surface area (Å²) in [7, 11) is -3.05. The molecule has 204 valence electrons. The topological polar surface area (TPSA) is 128 Å². The Morgan fingerprint density at radius 1 is 0.850 bits per heavy atom. The van der Waals surface area contributed by atoms with Crippen molar-refractivity contribution in [2.24, 2.45) is 4.99 Å². The van der Waals surface area contributed by atoms with Crippen LogP contribution >= 0.6 is 0 Å². The van der Waals surface area contributed by atoms with Crippen molar-refractivity contribution in [1.29, 1.82) is 0 Å². The van der Waals surface area contributed by atoms with Gasteiger partial charge in [0.15, 0.2) is 6.04 Å². The van der Waals surface area contributed by atoms with Crippen LogP contribution in [0.3, 0.4) is 0 Å². The maximum Gasteiger partial charge on any atom is 0.332 e. The number of nitro benzene ring substituents is 1. The van der Waals surface area contributed by atoms with Crippen molar-refractivity contribution >= 4 is 27.4 Å². The van der Waals surface area contributed by atoms with E-state index < -0.39 is 33.0 Å². The number of methoxy groups -OCH3 is 1. The van der Waals surface area contributed by atoms with E-state index in [-0.39, 0.29) is 10.6 Å². The van der Waals surface area contributed by atoms with Crippen LogP contribution in [0.2, 0.25) is 0 Å². The number of ether oxygens (including phenoxy) is 1. The minimum absolute atomic E-state index is 0.200. The smallest absolute Gasteiger partial charge is 0.332 e. The zero-order valence-corrected chi connectivity index (χ0v) is 22.6. The van der Waals surface area contributed by atoms with Crippen molar-refractivity contribution in [1.82, 2.24) is 4.72 Å². The van der Waals surface area contributed by atoms with Gasteiger partial charge in [-0.1, -0.05) is 90.5 Å². The number of nitro groups is 1. The second kappa shape index (κ2) is 12.5. The Hall–Kier alpha value is -4.67. The highest BCUT2D eigenvalue weighted by molar-refractivity contribution is 7.89. The van der Waals surface area contributed by atoms with Crippen molar-refractivity contribution in [3.8, 4) is 0 Å². The maximum absolute atomic E-state index is 13.5. The molecule has 2 atom stereocenters. The van der Waals surface area contributed by atoms with Gasteiger partial charge in [0.2, 0.25) is 10.0 Å². The molecule has 0 saturated carbocycles. The lowest BCUT2D eigenvalue weighted by Crippen LogP contribution is -2.40. The first-order valence-corrected chi connectivity index (χ1v) is 13.8. The number of nitrogens with one attached hydrogen (secondary N) is 1. The van der Waals surface area contributed by atoms with Gasteiger partial charge in [-0.05, 0) is 24.6 Å². The van der Waals surface area contributed by atoms with Crippen molar-refractivity contribution in [2.75, 3.05) is 7.11 Å². The third kappa shape index (κ3) is 6.66. The maximum atomic E-state index is 13.5. The minimum atomic E-state index is -4.26. The van der Waals surface area contributed by atoms with Crippen molar-refractivity contribution in [3.63, 3.8) is 0 Å². The second-order valence-electron chi connectivity index (χ2n) is 8.94. The number of hydrogen-bond donors (Lipinski definition) is 1. The summed E-state index contributed by atoms with van der Waals surface area (Å²) in [5, 5.41) is 11.1. The zero-order chi connectivity index (χ0) is 28.7. The van der Waals surface area contributed by atoms with Gasteiger partial charge in [-0.25, -0.2) is 17.9 Å². The fourth-order valence-electron chi connectivity index (χ4n) is 4.10. The minimum Gasteiger partial charge on any atom is -0.467 e. The van der Waals surface area contributed by atoms with Crippen LogP contribution < -0.4 is 4.72 Å². The molecular formula is C30H27N3O6S. The number of nitrogens with zero attached hydrogens (tertiary/aromatic N) is 2. The number of esters is 1.